The summed E-state index contributed by atoms with van der Waals surface area (Å²) >= 11 is 8.04. The molecule has 0 fully saturated rings. The molecular weight excluding hydrogens is 464 g/mol. The third kappa shape index (κ3) is 7.95. The van der Waals surface area contributed by atoms with Gasteiger partial charge in [-0.25, -0.2) is 4.98 Å². The number of para-hydroxylation sites is 1. The first-order valence-corrected chi connectivity index (χ1v) is 12.0. The predicted molar refractivity (Wildman–Crippen MR) is 135 cm³/mol. The van der Waals surface area contributed by atoms with Crippen LogP contribution in [0.4, 0.5) is 16.5 Å². The Labute approximate surface area is 200 Å². The molecular formula is C22H22N4O3S3. The van der Waals surface area contributed by atoms with Crippen molar-refractivity contribution in [1.29, 1.82) is 0 Å². The number of anilines is 3. The molecule has 1 amide bonds. The van der Waals surface area contributed by atoms with Crippen molar-refractivity contribution in [2.24, 2.45) is 0 Å². The summed E-state index contributed by atoms with van der Waals surface area (Å²) in [6.07, 6.45) is 0.0930. The number of hydrogen-bond acceptors (Lipinski definition) is 7. The van der Waals surface area contributed by atoms with Gasteiger partial charge < -0.3 is 20.7 Å². The summed E-state index contributed by atoms with van der Waals surface area (Å²) in [6, 6.07) is 17.3. The number of aromatic nitrogens is 1. The van der Waals surface area contributed by atoms with Crippen LogP contribution in [0.15, 0.2) is 64.9 Å². The Bertz CT molecular complexity index is 1070. The zero-order valence-electron chi connectivity index (χ0n) is 17.3. The quantitative estimate of drug-likeness (QED) is 0.226. The molecule has 1 aromatic heterocycles. The molecule has 3 aromatic rings. The third-order valence-corrected chi connectivity index (χ3v) is 5.93. The topological polar surface area (TPSA) is 92.3 Å². The molecule has 32 heavy (non-hydrogen) atoms. The fourth-order valence-electron chi connectivity index (χ4n) is 2.59. The lowest BCUT2D eigenvalue weighted by Gasteiger charge is -2.11. The smallest absolute Gasteiger partial charge is 0.311 e. The average molecular weight is 487 g/mol. The number of ether oxygens (including phenoxy) is 1. The van der Waals surface area contributed by atoms with Crippen molar-refractivity contribution in [1.82, 2.24) is 4.98 Å². The molecule has 0 unspecified atom stereocenters. The molecule has 0 radical (unpaired) electrons. The van der Waals surface area contributed by atoms with Gasteiger partial charge in [-0.2, -0.15) is 0 Å². The maximum absolute atomic E-state index is 12.3. The highest BCUT2D eigenvalue weighted by Gasteiger charge is 2.11. The summed E-state index contributed by atoms with van der Waals surface area (Å²) in [5.74, 6) is -0.284. The summed E-state index contributed by atoms with van der Waals surface area (Å²) in [5.41, 5.74) is 2.31. The van der Waals surface area contributed by atoms with Crippen molar-refractivity contribution in [3.63, 3.8) is 0 Å². The zero-order chi connectivity index (χ0) is 22.8. The molecule has 2 aromatic carbocycles. The van der Waals surface area contributed by atoms with Gasteiger partial charge in [0.25, 0.3) is 0 Å². The summed E-state index contributed by atoms with van der Waals surface area (Å²) in [7, 11) is 0. The fraction of sp³-hybridized carbons (Fsp3) is 0.182. The lowest BCUT2D eigenvalue weighted by atomic mass is 10.3. The number of nitrogens with one attached hydrogen (secondary N) is 3. The molecule has 166 valence electrons. The van der Waals surface area contributed by atoms with E-state index in [-0.39, 0.29) is 24.1 Å². The van der Waals surface area contributed by atoms with E-state index in [1.54, 1.807) is 12.3 Å². The highest BCUT2D eigenvalue weighted by molar-refractivity contribution is 8.00. The zero-order valence-corrected chi connectivity index (χ0v) is 19.7. The van der Waals surface area contributed by atoms with Crippen LogP contribution in [0.1, 0.15) is 12.6 Å². The van der Waals surface area contributed by atoms with E-state index in [0.29, 0.717) is 22.5 Å². The van der Waals surface area contributed by atoms with Crippen molar-refractivity contribution in [3.8, 4) is 0 Å². The number of rotatable bonds is 9. The Balaban J connectivity index is 1.46. The molecule has 3 N–H and O–H groups in total. The standard InChI is InChI=1S/C22H22N4O3S3/c1-2-29-20(28)12-17-13-32-22(25-17)26-19(27)14-31-18-10-6-9-16(11-18)24-21(30)23-15-7-4-3-5-8-15/h3-11,13H,2,12,14H2,1H3,(H2,23,24,30)(H,25,26,27). The number of esters is 1. The maximum atomic E-state index is 12.3. The van der Waals surface area contributed by atoms with E-state index >= 15 is 0 Å². The lowest BCUT2D eigenvalue weighted by molar-refractivity contribution is -0.142. The normalized spacial score (nSPS) is 10.3. The van der Waals surface area contributed by atoms with Crippen LogP contribution in [-0.4, -0.2) is 34.3 Å². The van der Waals surface area contributed by atoms with Crippen LogP contribution in [0.3, 0.4) is 0 Å². The molecule has 0 aliphatic heterocycles. The Morgan fingerprint density at radius 3 is 2.59 bits per heavy atom. The summed E-state index contributed by atoms with van der Waals surface area (Å²) < 4.78 is 4.90. The number of amides is 1. The van der Waals surface area contributed by atoms with Gasteiger partial charge in [0.2, 0.25) is 5.91 Å². The van der Waals surface area contributed by atoms with Crippen molar-refractivity contribution >= 4 is 68.8 Å². The molecule has 1 heterocycles. The van der Waals surface area contributed by atoms with Crippen molar-refractivity contribution in [3.05, 3.63) is 65.7 Å². The van der Waals surface area contributed by atoms with E-state index in [1.807, 2.05) is 54.6 Å². The van der Waals surface area contributed by atoms with Gasteiger partial charge in [0.1, 0.15) is 0 Å². The summed E-state index contributed by atoms with van der Waals surface area (Å²) in [5, 5.41) is 11.7. The van der Waals surface area contributed by atoms with Crippen LogP contribution in [0.25, 0.3) is 0 Å². The molecule has 0 spiro atoms. The minimum Gasteiger partial charge on any atom is -0.466 e. The van der Waals surface area contributed by atoms with Gasteiger partial charge in [0.15, 0.2) is 10.2 Å². The molecule has 10 heteroatoms. The molecule has 3 rings (SSSR count). The fourth-order valence-corrected chi connectivity index (χ4v) is 4.31. The molecule has 0 aliphatic rings. The van der Waals surface area contributed by atoms with Gasteiger partial charge in [-0.05, 0) is 49.5 Å². The number of benzene rings is 2. The Kier molecular flexibility index (Phi) is 9.02. The Morgan fingerprint density at radius 1 is 1.06 bits per heavy atom. The van der Waals surface area contributed by atoms with Crippen molar-refractivity contribution in [2.75, 3.05) is 28.3 Å². The minimum atomic E-state index is -0.335. The second-order valence-corrected chi connectivity index (χ2v) is 8.75. The average Bonchev–Trinajstić information content (AvgIpc) is 3.19. The Morgan fingerprint density at radius 2 is 1.81 bits per heavy atom. The number of carbonyl (C=O) groups is 2. The third-order valence-electron chi connectivity index (χ3n) is 3.92. The first-order chi connectivity index (χ1) is 15.5. The predicted octanol–water partition coefficient (Wildman–Crippen LogP) is 4.79. The summed E-state index contributed by atoms with van der Waals surface area (Å²) in [4.78, 5) is 29.0. The monoisotopic (exact) mass is 486 g/mol. The van der Waals surface area contributed by atoms with Crippen molar-refractivity contribution < 1.29 is 14.3 Å². The first kappa shape index (κ1) is 23.7. The first-order valence-electron chi connectivity index (χ1n) is 9.77. The van der Waals surface area contributed by atoms with E-state index in [9.17, 15) is 9.59 Å². The van der Waals surface area contributed by atoms with E-state index in [1.165, 1.54) is 23.1 Å². The van der Waals surface area contributed by atoms with Crippen molar-refractivity contribution in [2.45, 2.75) is 18.2 Å². The van der Waals surface area contributed by atoms with Crippen LogP contribution in [0, 0.1) is 0 Å². The van der Waals surface area contributed by atoms with Gasteiger partial charge in [0, 0.05) is 21.7 Å². The van der Waals surface area contributed by atoms with Crippen LogP contribution in [-0.2, 0) is 20.7 Å². The maximum Gasteiger partial charge on any atom is 0.311 e. The SMILES string of the molecule is CCOC(=O)Cc1csc(NC(=O)CSc2cccc(NC(=S)Nc3ccccc3)c2)n1. The molecule has 0 saturated heterocycles. The van der Waals surface area contributed by atoms with E-state index in [2.05, 4.69) is 20.9 Å². The number of carbonyl (C=O) groups excluding carboxylic acids is 2. The Hall–Kier alpha value is -2.95. The molecule has 7 nitrogen and oxygen atoms in total. The molecule has 0 bridgehead atoms. The van der Waals surface area contributed by atoms with Gasteiger partial charge in [-0.3, -0.25) is 9.59 Å². The molecule has 0 saturated carbocycles. The van der Waals surface area contributed by atoms with Crippen LogP contribution in [0.5, 0.6) is 0 Å². The number of nitrogens with zero attached hydrogens (tertiary/aromatic N) is 1. The van der Waals surface area contributed by atoms with Gasteiger partial charge >= 0.3 is 5.97 Å². The second-order valence-electron chi connectivity index (χ2n) is 6.44. The minimum absolute atomic E-state index is 0.0930. The second kappa shape index (κ2) is 12.2. The van der Waals surface area contributed by atoms with Gasteiger partial charge in [0.05, 0.1) is 24.5 Å². The molecule has 0 atom stereocenters. The van der Waals surface area contributed by atoms with Crippen LogP contribution < -0.4 is 16.0 Å². The number of thioether (sulfide) groups is 1. The van der Waals surface area contributed by atoms with Crippen LogP contribution >= 0.6 is 35.3 Å². The van der Waals surface area contributed by atoms with Gasteiger partial charge in [-0.15, -0.1) is 23.1 Å². The highest BCUT2D eigenvalue weighted by atomic mass is 32.2. The highest BCUT2D eigenvalue weighted by Crippen LogP contribution is 2.23. The molecule has 0 aliphatic carbocycles. The van der Waals surface area contributed by atoms with Gasteiger partial charge in [-0.1, -0.05) is 24.3 Å². The van der Waals surface area contributed by atoms with E-state index in [0.717, 1.165) is 16.3 Å². The van der Waals surface area contributed by atoms with E-state index in [4.69, 9.17) is 17.0 Å². The summed E-state index contributed by atoms with van der Waals surface area (Å²) in [6.45, 7) is 2.08. The van der Waals surface area contributed by atoms with Crippen LogP contribution in [0.2, 0.25) is 0 Å². The number of thiazole rings is 1. The lowest BCUT2D eigenvalue weighted by Crippen LogP contribution is -2.19. The van der Waals surface area contributed by atoms with E-state index < -0.39 is 0 Å². The number of hydrogen-bond donors (Lipinski definition) is 3. The largest absolute Gasteiger partial charge is 0.466 e. The number of thiocarbonyl (C=S) groups is 1.